The van der Waals surface area contributed by atoms with Gasteiger partial charge < -0.3 is 15.0 Å². The van der Waals surface area contributed by atoms with Crippen molar-refractivity contribution in [3.05, 3.63) is 59.5 Å². The molecule has 0 fully saturated rings. The summed E-state index contributed by atoms with van der Waals surface area (Å²) in [7, 11) is -2.28. The number of fused-ring (bicyclic) bond motifs is 1. The SMILES string of the molecule is CCN(CC)S(=O)(=O)c1ccc(OC)c(C(=O)NCCc2c[nH]c3cc(F)ccc23)c1. The normalized spacial score (nSPS) is 11.8. The van der Waals surface area contributed by atoms with E-state index in [1.807, 2.05) is 0 Å². The van der Waals surface area contributed by atoms with Gasteiger partial charge in [0, 0.05) is 36.7 Å². The van der Waals surface area contributed by atoms with Crippen LogP contribution in [0.25, 0.3) is 10.9 Å². The van der Waals surface area contributed by atoms with Crippen LogP contribution >= 0.6 is 0 Å². The molecule has 2 N–H and O–H groups in total. The molecule has 0 aliphatic carbocycles. The molecule has 0 spiro atoms. The third kappa shape index (κ3) is 4.72. The highest BCUT2D eigenvalue weighted by atomic mass is 32.2. The van der Waals surface area contributed by atoms with Crippen molar-refractivity contribution in [2.24, 2.45) is 0 Å². The van der Waals surface area contributed by atoms with Gasteiger partial charge in [0.25, 0.3) is 5.91 Å². The minimum absolute atomic E-state index is 0.0424. The topological polar surface area (TPSA) is 91.5 Å². The standard InChI is InChI=1S/C22H26FN3O4S/c1-4-26(5-2)31(28,29)17-7-9-21(30-3)19(13-17)22(27)24-11-10-15-14-25-20-12-16(23)6-8-18(15)20/h6-9,12-14,25H,4-5,10-11H2,1-3H3,(H,24,27). The van der Waals surface area contributed by atoms with E-state index in [9.17, 15) is 17.6 Å². The van der Waals surface area contributed by atoms with Gasteiger partial charge in [0.15, 0.2) is 0 Å². The Kier molecular flexibility index (Phi) is 6.97. The van der Waals surface area contributed by atoms with Crippen molar-refractivity contribution in [3.8, 4) is 5.75 Å². The Hall–Kier alpha value is -2.91. The zero-order chi connectivity index (χ0) is 22.6. The van der Waals surface area contributed by atoms with Gasteiger partial charge in [-0.1, -0.05) is 13.8 Å². The van der Waals surface area contributed by atoms with Gasteiger partial charge in [0.05, 0.1) is 17.6 Å². The zero-order valence-electron chi connectivity index (χ0n) is 17.7. The highest BCUT2D eigenvalue weighted by Gasteiger charge is 2.24. The zero-order valence-corrected chi connectivity index (χ0v) is 18.6. The molecule has 7 nitrogen and oxygen atoms in total. The van der Waals surface area contributed by atoms with Gasteiger partial charge in [0.2, 0.25) is 10.0 Å². The number of aromatic amines is 1. The maximum Gasteiger partial charge on any atom is 0.255 e. The van der Waals surface area contributed by atoms with Crippen LogP contribution in [-0.2, 0) is 16.4 Å². The number of hydrogen-bond donors (Lipinski definition) is 2. The van der Waals surface area contributed by atoms with Gasteiger partial charge in [-0.2, -0.15) is 4.31 Å². The molecule has 0 aliphatic heterocycles. The van der Waals surface area contributed by atoms with Crippen LogP contribution in [0.15, 0.2) is 47.5 Å². The van der Waals surface area contributed by atoms with E-state index >= 15 is 0 Å². The number of rotatable bonds is 9. The van der Waals surface area contributed by atoms with Gasteiger partial charge in [-0.15, -0.1) is 0 Å². The Balaban J connectivity index is 1.77. The van der Waals surface area contributed by atoms with Crippen LogP contribution in [-0.4, -0.2) is 50.4 Å². The summed E-state index contributed by atoms with van der Waals surface area (Å²) in [6.45, 7) is 4.51. The van der Waals surface area contributed by atoms with E-state index in [1.54, 1.807) is 26.1 Å². The van der Waals surface area contributed by atoms with Crippen molar-refractivity contribution in [1.29, 1.82) is 0 Å². The molecule has 0 unspecified atom stereocenters. The maximum atomic E-state index is 13.3. The number of carbonyl (C=O) groups is 1. The smallest absolute Gasteiger partial charge is 0.255 e. The van der Waals surface area contributed by atoms with E-state index in [2.05, 4.69) is 10.3 Å². The second-order valence-electron chi connectivity index (χ2n) is 6.96. The van der Waals surface area contributed by atoms with E-state index in [0.717, 1.165) is 10.9 Å². The van der Waals surface area contributed by atoms with Crippen LogP contribution in [0.1, 0.15) is 29.8 Å². The Bertz CT molecular complexity index is 1190. The lowest BCUT2D eigenvalue weighted by molar-refractivity contribution is 0.0951. The molecule has 2 aromatic carbocycles. The van der Waals surface area contributed by atoms with Crippen LogP contribution in [0.2, 0.25) is 0 Å². The predicted octanol–water partition coefficient (Wildman–Crippen LogP) is 3.32. The molecule has 166 valence electrons. The molecule has 0 atom stereocenters. The lowest BCUT2D eigenvalue weighted by atomic mass is 10.1. The Morgan fingerprint density at radius 3 is 2.58 bits per heavy atom. The fourth-order valence-electron chi connectivity index (χ4n) is 3.51. The lowest BCUT2D eigenvalue weighted by Crippen LogP contribution is -2.31. The van der Waals surface area contributed by atoms with Gasteiger partial charge in [-0.05, 0) is 48.4 Å². The number of nitrogens with one attached hydrogen (secondary N) is 2. The fraction of sp³-hybridized carbons (Fsp3) is 0.318. The molecule has 0 radical (unpaired) electrons. The number of H-pyrrole nitrogens is 1. The van der Waals surface area contributed by atoms with Crippen LogP contribution < -0.4 is 10.1 Å². The van der Waals surface area contributed by atoms with Crippen molar-refractivity contribution in [3.63, 3.8) is 0 Å². The third-order valence-corrected chi connectivity index (χ3v) is 7.21. The first kappa shape index (κ1) is 22.8. The van der Waals surface area contributed by atoms with Gasteiger partial charge in [-0.25, -0.2) is 12.8 Å². The highest BCUT2D eigenvalue weighted by Crippen LogP contribution is 2.25. The minimum atomic E-state index is -3.70. The Morgan fingerprint density at radius 2 is 1.90 bits per heavy atom. The third-order valence-electron chi connectivity index (χ3n) is 5.17. The first-order valence-electron chi connectivity index (χ1n) is 10.0. The molecule has 31 heavy (non-hydrogen) atoms. The Labute approximate surface area is 181 Å². The molecule has 0 saturated heterocycles. The number of aromatic nitrogens is 1. The number of nitrogens with zero attached hydrogens (tertiary/aromatic N) is 1. The minimum Gasteiger partial charge on any atom is -0.496 e. The first-order valence-corrected chi connectivity index (χ1v) is 11.5. The van der Waals surface area contributed by atoms with E-state index in [-0.39, 0.29) is 16.3 Å². The molecule has 3 rings (SSSR count). The quantitative estimate of drug-likeness (QED) is 0.526. The average molecular weight is 448 g/mol. The number of halogens is 1. The summed E-state index contributed by atoms with van der Waals surface area (Å²) in [6, 6.07) is 8.78. The van der Waals surface area contributed by atoms with E-state index in [4.69, 9.17) is 4.74 Å². The van der Waals surface area contributed by atoms with Crippen molar-refractivity contribution in [2.75, 3.05) is 26.7 Å². The van der Waals surface area contributed by atoms with Crippen LogP contribution in [0, 0.1) is 5.82 Å². The molecule has 1 amide bonds. The molecular formula is C22H26FN3O4S. The summed E-state index contributed by atoms with van der Waals surface area (Å²) in [5, 5.41) is 3.70. The molecule has 3 aromatic rings. The summed E-state index contributed by atoms with van der Waals surface area (Å²) in [6.07, 6.45) is 2.31. The number of amides is 1. The summed E-state index contributed by atoms with van der Waals surface area (Å²) < 4.78 is 45.5. The van der Waals surface area contributed by atoms with Crippen LogP contribution in [0.4, 0.5) is 4.39 Å². The summed E-state index contributed by atoms with van der Waals surface area (Å²) in [5.41, 5.74) is 1.79. The van der Waals surface area contributed by atoms with Crippen LogP contribution in [0.3, 0.4) is 0 Å². The fourth-order valence-corrected chi connectivity index (χ4v) is 4.99. The highest BCUT2D eigenvalue weighted by molar-refractivity contribution is 7.89. The first-order chi connectivity index (χ1) is 14.8. The number of hydrogen-bond acceptors (Lipinski definition) is 4. The predicted molar refractivity (Wildman–Crippen MR) is 117 cm³/mol. The van der Waals surface area contributed by atoms with Crippen molar-refractivity contribution >= 4 is 26.8 Å². The van der Waals surface area contributed by atoms with E-state index in [1.165, 1.54) is 41.7 Å². The van der Waals surface area contributed by atoms with E-state index < -0.39 is 15.9 Å². The molecule has 0 aliphatic rings. The average Bonchev–Trinajstić information content (AvgIpc) is 3.15. The molecule has 1 heterocycles. The van der Waals surface area contributed by atoms with E-state index in [0.29, 0.717) is 37.3 Å². The summed E-state index contributed by atoms with van der Waals surface area (Å²) in [4.78, 5) is 15.9. The van der Waals surface area contributed by atoms with Crippen LogP contribution in [0.5, 0.6) is 5.75 Å². The molecule has 1 aromatic heterocycles. The van der Waals surface area contributed by atoms with Gasteiger partial charge >= 0.3 is 0 Å². The Morgan fingerprint density at radius 1 is 1.16 bits per heavy atom. The van der Waals surface area contributed by atoms with Gasteiger partial charge in [0.1, 0.15) is 11.6 Å². The number of carbonyl (C=O) groups excluding carboxylic acids is 1. The summed E-state index contributed by atoms with van der Waals surface area (Å²) in [5.74, 6) is -0.459. The monoisotopic (exact) mass is 447 g/mol. The number of methoxy groups -OCH3 is 1. The van der Waals surface area contributed by atoms with Crippen molar-refractivity contribution in [2.45, 2.75) is 25.2 Å². The van der Waals surface area contributed by atoms with Crippen molar-refractivity contribution < 1.29 is 22.3 Å². The molecule has 9 heteroatoms. The maximum absolute atomic E-state index is 13.3. The molecule has 0 saturated carbocycles. The largest absolute Gasteiger partial charge is 0.496 e. The second-order valence-corrected chi connectivity index (χ2v) is 8.90. The number of benzene rings is 2. The summed E-state index contributed by atoms with van der Waals surface area (Å²) >= 11 is 0. The molecule has 0 bridgehead atoms. The molecular weight excluding hydrogens is 421 g/mol. The van der Waals surface area contributed by atoms with Gasteiger partial charge in [-0.3, -0.25) is 4.79 Å². The van der Waals surface area contributed by atoms with Crippen molar-refractivity contribution in [1.82, 2.24) is 14.6 Å². The number of ether oxygens (including phenoxy) is 1. The lowest BCUT2D eigenvalue weighted by Gasteiger charge is -2.19. The number of sulfonamides is 1. The second kappa shape index (κ2) is 9.49.